The number of methoxy groups -OCH3 is 2. The quantitative estimate of drug-likeness (QED) is 0.359. The van der Waals surface area contributed by atoms with Gasteiger partial charge in [-0.15, -0.1) is 0 Å². The molecule has 1 aliphatic heterocycles. The number of amides is 3. The van der Waals surface area contributed by atoms with E-state index in [1.165, 1.54) is 38.2 Å². The Hall–Kier alpha value is -5.00. The zero-order chi connectivity index (χ0) is 29.5. The van der Waals surface area contributed by atoms with E-state index in [-0.39, 0.29) is 37.5 Å². The van der Waals surface area contributed by atoms with E-state index in [0.717, 1.165) is 5.56 Å². The second kappa shape index (κ2) is 12.9. The zero-order valence-electron chi connectivity index (χ0n) is 23.1. The summed E-state index contributed by atoms with van der Waals surface area (Å²) in [6.45, 7) is 3.79. The Morgan fingerprint density at radius 3 is 2.54 bits per heavy atom. The molecule has 1 aliphatic rings. The van der Waals surface area contributed by atoms with Gasteiger partial charge in [0.15, 0.2) is 0 Å². The number of ether oxygens (including phenoxy) is 3. The van der Waals surface area contributed by atoms with E-state index in [0.29, 0.717) is 34.0 Å². The molecule has 12 heteroatoms. The highest BCUT2D eigenvalue weighted by Crippen LogP contribution is 2.29. The number of hydrogen-bond acceptors (Lipinski definition) is 8. The Morgan fingerprint density at radius 1 is 1.12 bits per heavy atom. The number of carbonyl (C=O) groups is 3. The van der Waals surface area contributed by atoms with Crippen molar-refractivity contribution < 1.29 is 33.0 Å². The topological polar surface area (TPSA) is 132 Å². The van der Waals surface area contributed by atoms with Crippen molar-refractivity contribution in [3.8, 4) is 23.0 Å². The third-order valence-corrected chi connectivity index (χ3v) is 6.31. The maximum Gasteiger partial charge on any atom is 0.414 e. The Balaban J connectivity index is 1.36. The summed E-state index contributed by atoms with van der Waals surface area (Å²) in [6, 6.07) is 11.8. The molecule has 1 aromatic heterocycles. The first-order valence-electron chi connectivity index (χ1n) is 12.7. The summed E-state index contributed by atoms with van der Waals surface area (Å²) in [7, 11) is 2.93. The zero-order valence-corrected chi connectivity index (χ0v) is 23.1. The van der Waals surface area contributed by atoms with Crippen LogP contribution < -0.4 is 25.0 Å². The Labute approximate surface area is 236 Å². The van der Waals surface area contributed by atoms with Gasteiger partial charge >= 0.3 is 12.1 Å². The maximum atomic E-state index is 15.0. The van der Waals surface area contributed by atoms with Crippen molar-refractivity contribution in [1.82, 2.24) is 20.6 Å². The molecule has 214 valence electrons. The molecule has 0 unspecified atom stereocenters. The van der Waals surface area contributed by atoms with E-state index in [1.54, 1.807) is 49.4 Å². The largest absolute Gasteiger partial charge is 0.480 e. The predicted molar refractivity (Wildman–Crippen MR) is 149 cm³/mol. The molecule has 41 heavy (non-hydrogen) atoms. The molecular formula is C29H30FN5O6. The first-order valence-corrected chi connectivity index (χ1v) is 12.7. The molecular weight excluding hydrogens is 533 g/mol. The minimum Gasteiger partial charge on any atom is -0.480 e. The summed E-state index contributed by atoms with van der Waals surface area (Å²) in [5.41, 5.74) is 3.34. The van der Waals surface area contributed by atoms with Crippen LogP contribution in [0.5, 0.6) is 11.9 Å². The molecule has 11 nitrogen and oxygen atoms in total. The first-order chi connectivity index (χ1) is 19.7. The number of hydrogen-bond donors (Lipinski definition) is 2. The second-order valence-electron chi connectivity index (χ2n) is 9.18. The fraction of sp³-hybridized carbons (Fsp3) is 0.276. The van der Waals surface area contributed by atoms with Gasteiger partial charge in [-0.2, -0.15) is 9.97 Å². The number of aryl methyl sites for hydroxylation is 1. The summed E-state index contributed by atoms with van der Waals surface area (Å²) < 4.78 is 30.6. The van der Waals surface area contributed by atoms with Crippen molar-refractivity contribution >= 4 is 29.7 Å². The first kappa shape index (κ1) is 29.0. The molecule has 4 rings (SSSR count). The van der Waals surface area contributed by atoms with E-state index in [1.807, 2.05) is 0 Å². The fourth-order valence-electron chi connectivity index (χ4n) is 4.18. The number of halogens is 1. The molecule has 2 heterocycles. The number of rotatable bonds is 10. The maximum absolute atomic E-state index is 15.0. The average Bonchev–Trinajstić information content (AvgIpc) is 3.34. The van der Waals surface area contributed by atoms with Crippen molar-refractivity contribution in [3.63, 3.8) is 0 Å². The lowest BCUT2D eigenvalue weighted by Gasteiger charge is -2.15. The number of carbonyl (C=O) groups excluding carboxylic acids is 3. The minimum atomic E-state index is -0.597. The standard InChI is InChI=1S/C29H30FN5O6/c1-17-23(27(39-3)34-28(33-17)40-4)11-12-26(37)32-14-19-5-7-20(8-6-19)24-10-9-21(13-25(24)30)35-16-22(41-29(35)38)15-31-18(2)36/h5-13,22H,14-16H2,1-4H3,(H,31,36)(H,32,37)/b12-11+/t22-/m0/s1. The molecule has 3 aromatic rings. The molecule has 1 fully saturated rings. The van der Waals surface area contributed by atoms with Crippen LogP contribution in [0.1, 0.15) is 23.7 Å². The van der Waals surface area contributed by atoms with Crippen molar-refractivity contribution in [3.05, 3.63) is 71.2 Å². The lowest BCUT2D eigenvalue weighted by atomic mass is 10.0. The minimum absolute atomic E-state index is 0.171. The molecule has 3 amide bonds. The number of benzene rings is 2. The normalized spacial score (nSPS) is 14.6. The number of cyclic esters (lactones) is 1. The number of anilines is 1. The number of aromatic nitrogens is 2. The van der Waals surface area contributed by atoms with Crippen LogP contribution in [0.15, 0.2) is 48.5 Å². The van der Waals surface area contributed by atoms with E-state index in [4.69, 9.17) is 14.2 Å². The van der Waals surface area contributed by atoms with Crippen molar-refractivity contribution in [1.29, 1.82) is 0 Å². The monoisotopic (exact) mass is 563 g/mol. The van der Waals surface area contributed by atoms with E-state index >= 15 is 4.39 Å². The van der Waals surface area contributed by atoms with Crippen LogP contribution in [0, 0.1) is 12.7 Å². The Kier molecular flexibility index (Phi) is 9.12. The van der Waals surface area contributed by atoms with E-state index in [2.05, 4.69) is 20.6 Å². The summed E-state index contributed by atoms with van der Waals surface area (Å²) in [5, 5.41) is 5.41. The molecule has 2 N–H and O–H groups in total. The third-order valence-electron chi connectivity index (χ3n) is 6.31. The third kappa shape index (κ3) is 7.15. The summed E-state index contributed by atoms with van der Waals surface area (Å²) in [6.07, 6.45) is 1.83. The number of nitrogens with one attached hydrogen (secondary N) is 2. The van der Waals surface area contributed by atoms with Gasteiger partial charge in [0.05, 0.1) is 44.3 Å². The molecule has 1 atom stereocenters. The average molecular weight is 564 g/mol. The van der Waals surface area contributed by atoms with Gasteiger partial charge in [-0.25, -0.2) is 9.18 Å². The molecule has 0 bridgehead atoms. The van der Waals surface area contributed by atoms with E-state index in [9.17, 15) is 14.4 Å². The highest BCUT2D eigenvalue weighted by molar-refractivity contribution is 5.92. The molecule has 2 aromatic carbocycles. The predicted octanol–water partition coefficient (Wildman–Crippen LogP) is 3.40. The SMILES string of the molecule is COc1nc(C)c(/C=C/C(=O)NCc2ccc(-c3ccc(N4C[C@H](CNC(C)=O)OC4=O)cc3F)cc2)c(OC)n1. The number of nitrogens with zero attached hydrogens (tertiary/aromatic N) is 3. The van der Waals surface area contributed by atoms with Gasteiger partial charge in [0.1, 0.15) is 11.9 Å². The van der Waals surface area contributed by atoms with Crippen LogP contribution >= 0.6 is 0 Å². The van der Waals surface area contributed by atoms with Gasteiger partial charge < -0.3 is 24.8 Å². The summed E-state index contributed by atoms with van der Waals surface area (Å²) in [4.78, 5) is 45.4. The molecule has 0 spiro atoms. The van der Waals surface area contributed by atoms with Gasteiger partial charge in [-0.1, -0.05) is 24.3 Å². The highest BCUT2D eigenvalue weighted by Gasteiger charge is 2.32. The smallest absolute Gasteiger partial charge is 0.414 e. The summed E-state index contributed by atoms with van der Waals surface area (Å²) in [5.74, 6) is -0.759. The molecule has 0 saturated carbocycles. The molecule has 1 saturated heterocycles. The van der Waals surface area contributed by atoms with Crippen molar-refractivity contribution in [2.75, 3.05) is 32.2 Å². The molecule has 0 aliphatic carbocycles. The van der Waals surface area contributed by atoms with Crippen LogP contribution in [0.4, 0.5) is 14.9 Å². The van der Waals surface area contributed by atoms with Crippen LogP contribution in [-0.4, -0.2) is 61.3 Å². The van der Waals surface area contributed by atoms with Gasteiger partial charge in [0.25, 0.3) is 0 Å². The lowest BCUT2D eigenvalue weighted by molar-refractivity contribution is -0.119. The van der Waals surface area contributed by atoms with Gasteiger partial charge in [-0.05, 0) is 42.3 Å². The molecule has 0 radical (unpaired) electrons. The van der Waals surface area contributed by atoms with Crippen LogP contribution in [0.2, 0.25) is 0 Å². The van der Waals surface area contributed by atoms with Gasteiger partial charge in [0.2, 0.25) is 17.7 Å². The van der Waals surface area contributed by atoms with Gasteiger partial charge in [0, 0.05) is 25.1 Å². The Morgan fingerprint density at radius 2 is 1.88 bits per heavy atom. The van der Waals surface area contributed by atoms with E-state index < -0.39 is 18.0 Å². The van der Waals surface area contributed by atoms with Crippen LogP contribution in [0.25, 0.3) is 17.2 Å². The highest BCUT2D eigenvalue weighted by atomic mass is 19.1. The lowest BCUT2D eigenvalue weighted by Crippen LogP contribution is -2.33. The summed E-state index contributed by atoms with van der Waals surface area (Å²) >= 11 is 0. The van der Waals surface area contributed by atoms with Crippen LogP contribution in [0.3, 0.4) is 0 Å². The van der Waals surface area contributed by atoms with Crippen molar-refractivity contribution in [2.24, 2.45) is 0 Å². The second-order valence-corrected chi connectivity index (χ2v) is 9.18. The van der Waals surface area contributed by atoms with Gasteiger partial charge in [-0.3, -0.25) is 14.5 Å². The van der Waals surface area contributed by atoms with Crippen LogP contribution in [-0.2, 0) is 20.9 Å². The Bertz CT molecular complexity index is 1480. The fourth-order valence-corrected chi connectivity index (χ4v) is 4.18. The van der Waals surface area contributed by atoms with Crippen molar-refractivity contribution in [2.45, 2.75) is 26.5 Å².